The molecule has 1 aromatic heterocycles. The summed E-state index contributed by atoms with van der Waals surface area (Å²) in [5.41, 5.74) is 0.626. The molecule has 2 heterocycles. The number of rotatable bonds is 5. The van der Waals surface area contributed by atoms with Gasteiger partial charge in [0.2, 0.25) is 5.91 Å². The van der Waals surface area contributed by atoms with Gasteiger partial charge in [-0.25, -0.2) is 0 Å². The molecule has 0 N–H and O–H groups in total. The monoisotopic (exact) mass is 424 g/mol. The van der Waals surface area contributed by atoms with Crippen molar-refractivity contribution in [3.8, 4) is 0 Å². The van der Waals surface area contributed by atoms with Crippen molar-refractivity contribution >= 4 is 11.8 Å². The van der Waals surface area contributed by atoms with Gasteiger partial charge in [0.1, 0.15) is 6.04 Å². The first-order chi connectivity index (χ1) is 15.1. The fraction of sp³-hybridized carbons (Fsp3) is 0.583. The molecule has 1 aliphatic carbocycles. The number of carbonyl (C=O) groups is 2. The normalized spacial score (nSPS) is 20.5. The van der Waals surface area contributed by atoms with Crippen LogP contribution in [0, 0.1) is 12.8 Å². The lowest BCUT2D eigenvalue weighted by Crippen LogP contribution is -2.40. The van der Waals surface area contributed by atoms with Crippen molar-refractivity contribution in [1.82, 2.24) is 19.9 Å². The first-order valence-electron chi connectivity index (χ1n) is 11.6. The summed E-state index contributed by atoms with van der Waals surface area (Å²) >= 11 is 0. The number of benzene rings is 1. The zero-order valence-corrected chi connectivity index (χ0v) is 18.3. The summed E-state index contributed by atoms with van der Waals surface area (Å²) in [6.07, 6.45) is 8.67. The largest absolute Gasteiger partial charge is 0.340 e. The number of hydrogen-bond donors (Lipinski definition) is 0. The number of nitrogens with zero attached hydrogens (tertiary/aromatic N) is 4. The molecule has 4 rings (SSSR count). The predicted octanol–water partition coefficient (Wildman–Crippen LogP) is 4.15. The highest BCUT2D eigenvalue weighted by Crippen LogP contribution is 2.29. The predicted molar refractivity (Wildman–Crippen MR) is 116 cm³/mol. The maximum atomic E-state index is 13.3. The zero-order valence-electron chi connectivity index (χ0n) is 18.3. The minimum atomic E-state index is -0.435. The highest BCUT2D eigenvalue weighted by atomic mass is 16.5. The van der Waals surface area contributed by atoms with Gasteiger partial charge in [-0.05, 0) is 37.8 Å². The molecule has 0 spiro atoms. The highest BCUT2D eigenvalue weighted by molar-refractivity contribution is 5.94. The maximum absolute atomic E-state index is 13.3. The van der Waals surface area contributed by atoms with Crippen molar-refractivity contribution in [3.05, 3.63) is 47.6 Å². The fourth-order valence-corrected chi connectivity index (χ4v) is 4.82. The molecule has 2 aromatic rings. The fourth-order valence-electron chi connectivity index (χ4n) is 4.82. The molecular weight excluding hydrogens is 392 g/mol. The number of carbonyl (C=O) groups excluding carboxylic acids is 2. The molecule has 1 aromatic carbocycles. The Bertz CT molecular complexity index is 876. The van der Waals surface area contributed by atoms with E-state index in [1.807, 2.05) is 35.2 Å². The lowest BCUT2D eigenvalue weighted by molar-refractivity contribution is -0.132. The van der Waals surface area contributed by atoms with Crippen LogP contribution in [0.3, 0.4) is 0 Å². The Hall–Kier alpha value is -2.70. The Balaban J connectivity index is 1.49. The Morgan fingerprint density at radius 3 is 2.55 bits per heavy atom. The molecule has 7 heteroatoms. The molecule has 1 saturated heterocycles. The van der Waals surface area contributed by atoms with E-state index in [0.717, 1.165) is 12.8 Å². The van der Waals surface area contributed by atoms with Crippen molar-refractivity contribution in [2.45, 2.75) is 64.3 Å². The van der Waals surface area contributed by atoms with Crippen LogP contribution >= 0.6 is 0 Å². The van der Waals surface area contributed by atoms with Crippen LogP contribution in [-0.2, 0) is 4.79 Å². The molecule has 166 valence electrons. The third-order valence-corrected chi connectivity index (χ3v) is 6.55. The van der Waals surface area contributed by atoms with Crippen LogP contribution in [-0.4, -0.2) is 51.4 Å². The maximum Gasteiger partial charge on any atom is 0.254 e. The first-order valence-corrected chi connectivity index (χ1v) is 11.6. The molecular formula is C24H32N4O3. The third-order valence-electron chi connectivity index (χ3n) is 6.55. The second-order valence-electron chi connectivity index (χ2n) is 8.80. The van der Waals surface area contributed by atoms with Crippen LogP contribution < -0.4 is 0 Å². The molecule has 1 aliphatic heterocycles. The molecule has 2 aliphatic rings. The topological polar surface area (TPSA) is 79.5 Å². The van der Waals surface area contributed by atoms with Gasteiger partial charge in [-0.1, -0.05) is 55.5 Å². The summed E-state index contributed by atoms with van der Waals surface area (Å²) in [6, 6.07) is 8.81. The van der Waals surface area contributed by atoms with Crippen molar-refractivity contribution in [3.63, 3.8) is 0 Å². The van der Waals surface area contributed by atoms with Gasteiger partial charge in [-0.2, -0.15) is 4.98 Å². The van der Waals surface area contributed by atoms with Gasteiger partial charge in [0, 0.05) is 25.1 Å². The van der Waals surface area contributed by atoms with Crippen LogP contribution in [0.15, 0.2) is 34.9 Å². The Labute approximate surface area is 183 Å². The van der Waals surface area contributed by atoms with Gasteiger partial charge in [0.25, 0.3) is 11.8 Å². The summed E-state index contributed by atoms with van der Waals surface area (Å²) in [7, 11) is 0. The highest BCUT2D eigenvalue weighted by Gasteiger charge is 2.35. The van der Waals surface area contributed by atoms with Gasteiger partial charge >= 0.3 is 0 Å². The van der Waals surface area contributed by atoms with E-state index in [1.54, 1.807) is 11.8 Å². The molecule has 2 fully saturated rings. The second kappa shape index (κ2) is 10.1. The molecule has 1 unspecified atom stereocenters. The van der Waals surface area contributed by atoms with E-state index in [-0.39, 0.29) is 11.8 Å². The average Bonchev–Trinajstić information content (AvgIpc) is 3.12. The summed E-state index contributed by atoms with van der Waals surface area (Å²) < 4.78 is 5.47. The van der Waals surface area contributed by atoms with Gasteiger partial charge < -0.3 is 14.3 Å². The smallest absolute Gasteiger partial charge is 0.254 e. The molecule has 31 heavy (non-hydrogen) atoms. The number of hydrogen-bond acceptors (Lipinski definition) is 5. The summed E-state index contributed by atoms with van der Waals surface area (Å²) in [5, 5.41) is 3.93. The van der Waals surface area contributed by atoms with Gasteiger partial charge in [0.15, 0.2) is 5.82 Å². The summed E-state index contributed by atoms with van der Waals surface area (Å²) in [6.45, 7) is 3.35. The lowest BCUT2D eigenvalue weighted by atomic mass is 9.86. The number of aromatic nitrogens is 2. The number of aryl methyl sites for hydroxylation is 1. The summed E-state index contributed by atoms with van der Waals surface area (Å²) in [5.74, 6) is 1.70. The molecule has 1 saturated carbocycles. The first kappa shape index (κ1) is 21.5. The molecule has 1 atom stereocenters. The molecule has 0 radical (unpaired) electrons. The van der Waals surface area contributed by atoms with E-state index in [9.17, 15) is 9.59 Å². The minimum Gasteiger partial charge on any atom is -0.340 e. The molecule has 0 bridgehead atoms. The van der Waals surface area contributed by atoms with E-state index in [0.29, 0.717) is 49.3 Å². The third kappa shape index (κ3) is 5.32. The van der Waals surface area contributed by atoms with Crippen LogP contribution in [0.2, 0.25) is 0 Å². The minimum absolute atomic E-state index is 0.0713. The van der Waals surface area contributed by atoms with E-state index in [1.165, 1.54) is 32.1 Å². The van der Waals surface area contributed by atoms with Crippen molar-refractivity contribution in [1.29, 1.82) is 0 Å². The van der Waals surface area contributed by atoms with Crippen molar-refractivity contribution < 1.29 is 14.1 Å². The zero-order chi connectivity index (χ0) is 21.6. The van der Waals surface area contributed by atoms with Gasteiger partial charge in [-0.3, -0.25) is 9.59 Å². The second-order valence-corrected chi connectivity index (χ2v) is 8.80. The standard InChI is InChI=1S/C24H32N4O3/c1-18-25-23(31-26-18)21-17-27(22(29)14-13-19-9-4-2-5-10-19)15-8-16-28(21)24(30)20-11-6-3-7-12-20/h3,6-7,11-12,19,21H,2,4-5,8-10,13-17H2,1H3. The van der Waals surface area contributed by atoms with Crippen molar-refractivity contribution in [2.24, 2.45) is 5.92 Å². The SMILES string of the molecule is Cc1noc(C2CN(C(=O)CCC3CCCCC3)CCCN2C(=O)c2ccccc2)n1. The van der Waals surface area contributed by atoms with Crippen LogP contribution in [0.4, 0.5) is 0 Å². The van der Waals surface area contributed by atoms with E-state index in [2.05, 4.69) is 10.1 Å². The number of amides is 2. The van der Waals surface area contributed by atoms with Crippen molar-refractivity contribution in [2.75, 3.05) is 19.6 Å². The quantitative estimate of drug-likeness (QED) is 0.720. The summed E-state index contributed by atoms with van der Waals surface area (Å²) in [4.78, 5) is 34.5. The van der Waals surface area contributed by atoms with E-state index >= 15 is 0 Å². The average molecular weight is 425 g/mol. The lowest BCUT2D eigenvalue weighted by Gasteiger charge is -2.30. The molecule has 7 nitrogen and oxygen atoms in total. The Kier molecular flexibility index (Phi) is 6.99. The Morgan fingerprint density at radius 2 is 1.84 bits per heavy atom. The molecule has 2 amide bonds. The van der Waals surface area contributed by atoms with E-state index < -0.39 is 6.04 Å². The van der Waals surface area contributed by atoms with Crippen LogP contribution in [0.5, 0.6) is 0 Å². The van der Waals surface area contributed by atoms with E-state index in [4.69, 9.17) is 4.52 Å². The van der Waals surface area contributed by atoms with Crippen LogP contribution in [0.25, 0.3) is 0 Å². The van der Waals surface area contributed by atoms with Crippen LogP contribution in [0.1, 0.15) is 79.5 Å². The van der Waals surface area contributed by atoms with Gasteiger partial charge in [-0.15, -0.1) is 0 Å². The Morgan fingerprint density at radius 1 is 1.06 bits per heavy atom. The van der Waals surface area contributed by atoms with Gasteiger partial charge in [0.05, 0.1) is 6.54 Å².